The summed E-state index contributed by atoms with van der Waals surface area (Å²) in [4.78, 5) is 17.0. The van der Waals surface area contributed by atoms with E-state index in [0.717, 1.165) is 36.2 Å². The van der Waals surface area contributed by atoms with Crippen LogP contribution in [0.3, 0.4) is 0 Å². The van der Waals surface area contributed by atoms with Gasteiger partial charge in [0.1, 0.15) is 11.4 Å². The second-order valence-electron chi connectivity index (χ2n) is 9.28. The number of Topliss-reactive ketones (excluding diaryl/α,β-unsaturated/α-hetero) is 1. The van der Waals surface area contributed by atoms with E-state index in [1.807, 2.05) is 0 Å². The molecular formula is C23H29NO4S2. The lowest BCUT2D eigenvalue weighted by Gasteiger charge is -2.19. The molecule has 0 unspecified atom stereocenters. The van der Waals surface area contributed by atoms with Crippen LogP contribution >= 0.6 is 11.3 Å². The van der Waals surface area contributed by atoms with Crippen LogP contribution in [0.5, 0.6) is 0 Å². The molecule has 1 aromatic carbocycles. The molecule has 1 atom stereocenters. The lowest BCUT2D eigenvalue weighted by atomic mass is 9.86. The number of thiazole rings is 1. The number of nitrogens with zero attached hydrogens (tertiary/aromatic N) is 1. The van der Waals surface area contributed by atoms with Crippen molar-refractivity contribution in [1.82, 2.24) is 4.98 Å². The van der Waals surface area contributed by atoms with Gasteiger partial charge in [-0.3, -0.25) is 4.79 Å². The summed E-state index contributed by atoms with van der Waals surface area (Å²) >= 11 is 0.961. The Labute approximate surface area is 182 Å². The zero-order valence-corrected chi connectivity index (χ0v) is 19.4. The molecule has 30 heavy (non-hydrogen) atoms. The van der Waals surface area contributed by atoms with Crippen LogP contribution in [0.25, 0.3) is 0 Å². The second-order valence-corrected chi connectivity index (χ2v) is 12.3. The number of benzene rings is 1. The van der Waals surface area contributed by atoms with Crippen molar-refractivity contribution in [2.75, 3.05) is 5.75 Å². The SMILES string of the molecule is C[C@@H](c1ccc2c(c1CC(=O)CS(=O)(=O)c1nc(C(C)(C)O)cs1)CCC2)C1CC1. The number of carbonyl (C=O) groups excluding carboxylic acids is 1. The van der Waals surface area contributed by atoms with Crippen molar-refractivity contribution in [2.45, 2.75) is 75.2 Å². The number of sulfone groups is 1. The van der Waals surface area contributed by atoms with E-state index in [4.69, 9.17) is 0 Å². The van der Waals surface area contributed by atoms with Gasteiger partial charge in [-0.1, -0.05) is 19.1 Å². The lowest BCUT2D eigenvalue weighted by Crippen LogP contribution is -2.21. The Bertz CT molecular complexity index is 1080. The zero-order valence-electron chi connectivity index (χ0n) is 17.8. The fraction of sp³-hybridized carbons (Fsp3) is 0.565. The highest BCUT2D eigenvalue weighted by Gasteiger charge is 2.33. The molecule has 0 amide bonds. The predicted molar refractivity (Wildman–Crippen MR) is 118 cm³/mol. The first-order valence-electron chi connectivity index (χ1n) is 10.6. The highest BCUT2D eigenvalue weighted by atomic mass is 32.2. The van der Waals surface area contributed by atoms with Gasteiger partial charge in [0.2, 0.25) is 14.2 Å². The van der Waals surface area contributed by atoms with Crippen molar-refractivity contribution in [2.24, 2.45) is 5.92 Å². The standard InChI is InChI=1S/C23H29NO4S2/c1-14(15-7-8-15)18-10-9-16-5-4-6-19(16)20(18)11-17(25)13-30(27,28)22-24-21(12-29-22)23(2,3)26/h9-10,12,14-15,26H,4-8,11,13H2,1-3H3/t14-/m1/s1. The summed E-state index contributed by atoms with van der Waals surface area (Å²) in [7, 11) is -3.82. The van der Waals surface area contributed by atoms with Gasteiger partial charge >= 0.3 is 0 Å². The van der Waals surface area contributed by atoms with Gasteiger partial charge in [-0.05, 0) is 80.0 Å². The molecule has 5 nitrogen and oxygen atoms in total. The second kappa shape index (κ2) is 7.84. The van der Waals surface area contributed by atoms with E-state index < -0.39 is 21.2 Å². The Hall–Kier alpha value is -1.57. The molecular weight excluding hydrogens is 418 g/mol. The van der Waals surface area contributed by atoms with Crippen LogP contribution in [0.4, 0.5) is 0 Å². The molecule has 2 aliphatic rings. The van der Waals surface area contributed by atoms with Gasteiger partial charge in [-0.15, -0.1) is 11.3 Å². The molecule has 7 heteroatoms. The van der Waals surface area contributed by atoms with Crippen molar-refractivity contribution >= 4 is 27.0 Å². The van der Waals surface area contributed by atoms with Crippen molar-refractivity contribution in [3.8, 4) is 0 Å². The summed E-state index contributed by atoms with van der Waals surface area (Å²) in [6, 6.07) is 4.37. The summed E-state index contributed by atoms with van der Waals surface area (Å²) in [5.74, 6) is 0.244. The van der Waals surface area contributed by atoms with Gasteiger partial charge in [0.15, 0.2) is 5.78 Å². The average Bonchev–Trinajstić information content (AvgIpc) is 3.16. The normalized spacial score (nSPS) is 17.7. The summed E-state index contributed by atoms with van der Waals surface area (Å²) in [5.41, 5.74) is 3.96. The number of aryl methyl sites for hydroxylation is 1. The minimum Gasteiger partial charge on any atom is -0.384 e. The van der Waals surface area contributed by atoms with Crippen molar-refractivity contribution in [3.05, 3.63) is 45.5 Å². The molecule has 0 spiro atoms. The number of ketones is 1. The summed E-state index contributed by atoms with van der Waals surface area (Å²) in [6.07, 6.45) is 5.72. The Kier molecular flexibility index (Phi) is 5.66. The van der Waals surface area contributed by atoms with E-state index >= 15 is 0 Å². The topological polar surface area (TPSA) is 84.3 Å². The minimum absolute atomic E-state index is 0.0992. The van der Waals surface area contributed by atoms with Gasteiger partial charge in [-0.2, -0.15) is 0 Å². The van der Waals surface area contributed by atoms with Gasteiger partial charge in [-0.25, -0.2) is 13.4 Å². The first kappa shape index (κ1) is 21.7. The summed E-state index contributed by atoms with van der Waals surface area (Å²) in [5, 5.41) is 11.6. The molecule has 0 radical (unpaired) electrons. The van der Waals surface area contributed by atoms with E-state index in [2.05, 4.69) is 24.0 Å². The fourth-order valence-corrected chi connectivity index (χ4v) is 6.95. The van der Waals surface area contributed by atoms with E-state index in [0.29, 0.717) is 17.5 Å². The van der Waals surface area contributed by atoms with Crippen LogP contribution < -0.4 is 0 Å². The molecule has 4 rings (SSSR count). The molecule has 0 bridgehead atoms. The molecule has 1 N–H and O–H groups in total. The summed E-state index contributed by atoms with van der Waals surface area (Å²) < 4.78 is 25.5. The smallest absolute Gasteiger partial charge is 0.212 e. The van der Waals surface area contributed by atoms with Gasteiger partial charge in [0, 0.05) is 11.8 Å². The predicted octanol–water partition coefficient (Wildman–Crippen LogP) is 3.96. The van der Waals surface area contributed by atoms with Crippen molar-refractivity contribution < 1.29 is 18.3 Å². The maximum absolute atomic E-state index is 12.9. The first-order chi connectivity index (χ1) is 14.1. The minimum atomic E-state index is -3.82. The average molecular weight is 448 g/mol. The van der Waals surface area contributed by atoms with Gasteiger partial charge < -0.3 is 5.11 Å². The number of hydrogen-bond donors (Lipinski definition) is 1. The monoisotopic (exact) mass is 447 g/mol. The number of carbonyl (C=O) groups is 1. The summed E-state index contributed by atoms with van der Waals surface area (Å²) in [6.45, 7) is 5.34. The highest BCUT2D eigenvalue weighted by molar-refractivity contribution is 7.94. The lowest BCUT2D eigenvalue weighted by molar-refractivity contribution is -0.116. The number of aromatic nitrogens is 1. The number of hydrogen-bond acceptors (Lipinski definition) is 6. The van der Waals surface area contributed by atoms with Gasteiger partial charge in [0.25, 0.3) is 0 Å². The van der Waals surface area contributed by atoms with Crippen LogP contribution in [0.15, 0.2) is 21.9 Å². The molecule has 2 aromatic rings. The Morgan fingerprint density at radius 3 is 2.67 bits per heavy atom. The first-order valence-corrected chi connectivity index (χ1v) is 13.2. The molecule has 2 aliphatic carbocycles. The maximum Gasteiger partial charge on any atom is 0.212 e. The van der Waals surface area contributed by atoms with Crippen molar-refractivity contribution in [3.63, 3.8) is 0 Å². The van der Waals surface area contributed by atoms with Crippen LogP contribution in [0, 0.1) is 5.92 Å². The Balaban J connectivity index is 1.57. The maximum atomic E-state index is 12.9. The third kappa shape index (κ3) is 4.39. The number of fused-ring (bicyclic) bond motifs is 1. The third-order valence-electron chi connectivity index (χ3n) is 6.36. The van der Waals surface area contributed by atoms with Crippen LogP contribution in [0.1, 0.15) is 73.9 Å². The largest absolute Gasteiger partial charge is 0.384 e. The van der Waals surface area contributed by atoms with E-state index in [-0.39, 0.29) is 16.5 Å². The highest BCUT2D eigenvalue weighted by Crippen LogP contribution is 2.44. The van der Waals surface area contributed by atoms with E-state index in [9.17, 15) is 18.3 Å². The third-order valence-corrected chi connectivity index (χ3v) is 9.37. The molecule has 1 aromatic heterocycles. The van der Waals surface area contributed by atoms with Crippen molar-refractivity contribution in [1.29, 1.82) is 0 Å². The Morgan fingerprint density at radius 2 is 2.03 bits per heavy atom. The van der Waals surface area contributed by atoms with E-state index in [1.54, 1.807) is 13.8 Å². The number of rotatable bonds is 8. The molecule has 1 fully saturated rings. The molecule has 1 heterocycles. The fourth-order valence-electron chi connectivity index (χ4n) is 4.45. The molecule has 0 saturated heterocycles. The van der Waals surface area contributed by atoms with Crippen LogP contribution in [-0.2, 0) is 39.5 Å². The van der Waals surface area contributed by atoms with Crippen LogP contribution in [0.2, 0.25) is 0 Å². The molecule has 162 valence electrons. The zero-order chi connectivity index (χ0) is 21.7. The quantitative estimate of drug-likeness (QED) is 0.662. The van der Waals surface area contributed by atoms with E-state index in [1.165, 1.54) is 34.9 Å². The molecule has 0 aliphatic heterocycles. The van der Waals surface area contributed by atoms with Gasteiger partial charge in [0.05, 0.1) is 5.69 Å². The Morgan fingerprint density at radius 1 is 1.30 bits per heavy atom. The molecule has 1 saturated carbocycles. The number of aliphatic hydroxyl groups is 1. The van der Waals surface area contributed by atoms with Crippen LogP contribution in [-0.4, -0.2) is 30.0 Å².